The fourth-order valence-corrected chi connectivity index (χ4v) is 2.62. The van der Waals surface area contributed by atoms with Crippen LogP contribution in [0, 0.1) is 0 Å². The molecule has 0 aromatic rings. The minimum absolute atomic E-state index is 0.244. The second-order valence-corrected chi connectivity index (χ2v) is 6.12. The molecule has 5 heteroatoms. The van der Waals surface area contributed by atoms with Gasteiger partial charge < -0.3 is 11.1 Å². The number of aliphatic imine (C=N–C) groups is 1. The average molecular weight is 245 g/mol. The summed E-state index contributed by atoms with van der Waals surface area (Å²) in [5.41, 5.74) is 5.82. The molecule has 0 aromatic heterocycles. The van der Waals surface area contributed by atoms with Gasteiger partial charge in [-0.05, 0) is 26.2 Å². The van der Waals surface area contributed by atoms with Crippen molar-refractivity contribution in [3.05, 3.63) is 0 Å². The molecule has 0 aromatic carbocycles. The first-order valence-electron chi connectivity index (χ1n) is 5.97. The van der Waals surface area contributed by atoms with Crippen molar-refractivity contribution in [1.82, 2.24) is 5.32 Å². The molecule has 0 aliphatic heterocycles. The van der Waals surface area contributed by atoms with Gasteiger partial charge in [-0.1, -0.05) is 12.8 Å². The van der Waals surface area contributed by atoms with E-state index in [-0.39, 0.29) is 6.04 Å². The number of nitrogens with one attached hydrogen (secondary N) is 1. The summed E-state index contributed by atoms with van der Waals surface area (Å²) in [7, 11) is -0.726. The first-order chi connectivity index (χ1) is 7.58. The van der Waals surface area contributed by atoms with Gasteiger partial charge in [0.05, 0.1) is 6.04 Å². The Morgan fingerprint density at radius 2 is 2.19 bits per heavy atom. The fourth-order valence-electron chi connectivity index (χ4n) is 1.93. The van der Waals surface area contributed by atoms with Crippen molar-refractivity contribution in [2.75, 3.05) is 12.0 Å². The molecule has 0 saturated heterocycles. The van der Waals surface area contributed by atoms with E-state index in [1.165, 1.54) is 12.8 Å². The molecule has 1 aliphatic rings. The maximum absolute atomic E-state index is 10.9. The van der Waals surface area contributed by atoms with Crippen LogP contribution in [0.25, 0.3) is 0 Å². The molecule has 2 unspecified atom stereocenters. The summed E-state index contributed by atoms with van der Waals surface area (Å²) in [6.07, 6.45) is 7.45. The molecule has 1 rings (SSSR count). The first-order valence-corrected chi connectivity index (χ1v) is 7.70. The fraction of sp³-hybridized carbons (Fsp3) is 0.909. The summed E-state index contributed by atoms with van der Waals surface area (Å²) in [6.45, 7) is 2.05. The molecule has 3 N–H and O–H groups in total. The minimum Gasteiger partial charge on any atom is -0.370 e. The van der Waals surface area contributed by atoms with Gasteiger partial charge in [0.25, 0.3) is 0 Å². The minimum atomic E-state index is -0.726. The van der Waals surface area contributed by atoms with Crippen LogP contribution < -0.4 is 11.1 Å². The van der Waals surface area contributed by atoms with Crippen molar-refractivity contribution in [3.63, 3.8) is 0 Å². The van der Waals surface area contributed by atoms with Crippen LogP contribution in [0.1, 0.15) is 39.0 Å². The topological polar surface area (TPSA) is 67.5 Å². The summed E-state index contributed by atoms with van der Waals surface area (Å²) in [5, 5.41) is 3.16. The van der Waals surface area contributed by atoms with Gasteiger partial charge in [0, 0.05) is 28.9 Å². The predicted octanol–water partition coefficient (Wildman–Crippen LogP) is 0.990. The van der Waals surface area contributed by atoms with E-state index in [1.54, 1.807) is 6.26 Å². The molecule has 2 atom stereocenters. The summed E-state index contributed by atoms with van der Waals surface area (Å²) >= 11 is 0. The van der Waals surface area contributed by atoms with Gasteiger partial charge in [-0.3, -0.25) is 9.20 Å². The van der Waals surface area contributed by atoms with Crippen molar-refractivity contribution >= 4 is 16.8 Å². The van der Waals surface area contributed by atoms with Crippen LogP contribution >= 0.6 is 0 Å². The van der Waals surface area contributed by atoms with Crippen LogP contribution in [0.3, 0.4) is 0 Å². The van der Waals surface area contributed by atoms with Gasteiger partial charge in [-0.25, -0.2) is 0 Å². The summed E-state index contributed by atoms with van der Waals surface area (Å²) < 4.78 is 10.9. The Hall–Kier alpha value is -0.580. The molecule has 0 radical (unpaired) electrons. The summed E-state index contributed by atoms with van der Waals surface area (Å²) in [6, 6.07) is 0.661. The Kier molecular flexibility index (Phi) is 5.80. The maximum atomic E-state index is 10.9. The normalized spacial score (nSPS) is 22.0. The van der Waals surface area contributed by atoms with E-state index in [0.717, 1.165) is 19.3 Å². The second kappa shape index (κ2) is 6.89. The molecule has 94 valence electrons. The van der Waals surface area contributed by atoms with Crippen molar-refractivity contribution < 1.29 is 4.21 Å². The standard InChI is InChI=1S/C11H23N3OS/c1-9(7-8-16(2)15)13-11(12)14-10-5-3-4-6-10/h9-10H,3-8H2,1-2H3,(H3,12,13,14). The van der Waals surface area contributed by atoms with E-state index in [4.69, 9.17) is 5.73 Å². The summed E-state index contributed by atoms with van der Waals surface area (Å²) in [4.78, 5) is 4.45. The third-order valence-corrected chi connectivity index (χ3v) is 3.69. The Bertz CT molecular complexity index is 262. The van der Waals surface area contributed by atoms with E-state index in [1.807, 2.05) is 6.92 Å². The molecule has 0 amide bonds. The van der Waals surface area contributed by atoms with E-state index in [2.05, 4.69) is 10.3 Å². The lowest BCUT2D eigenvalue weighted by Crippen LogP contribution is -2.39. The van der Waals surface area contributed by atoms with E-state index in [9.17, 15) is 4.21 Å². The molecule has 1 saturated carbocycles. The zero-order valence-corrected chi connectivity index (χ0v) is 11.1. The molecule has 4 nitrogen and oxygen atoms in total. The molecular weight excluding hydrogens is 222 g/mol. The van der Waals surface area contributed by atoms with Crippen LogP contribution in [0.5, 0.6) is 0 Å². The highest BCUT2D eigenvalue weighted by Crippen LogP contribution is 2.20. The molecule has 0 bridgehead atoms. The Balaban J connectivity index is 2.26. The molecule has 0 heterocycles. The molecule has 1 aliphatic carbocycles. The number of guanidine groups is 1. The molecular formula is C11H23N3OS. The van der Waals surface area contributed by atoms with Gasteiger partial charge in [0.1, 0.15) is 0 Å². The van der Waals surface area contributed by atoms with Crippen molar-refractivity contribution in [3.8, 4) is 0 Å². The van der Waals surface area contributed by atoms with E-state index >= 15 is 0 Å². The Morgan fingerprint density at radius 3 is 2.75 bits per heavy atom. The highest BCUT2D eigenvalue weighted by atomic mass is 32.2. The predicted molar refractivity (Wildman–Crippen MR) is 70.0 cm³/mol. The van der Waals surface area contributed by atoms with Crippen LogP contribution in [0.15, 0.2) is 4.99 Å². The largest absolute Gasteiger partial charge is 0.370 e. The lowest BCUT2D eigenvalue weighted by Gasteiger charge is -2.14. The van der Waals surface area contributed by atoms with E-state index in [0.29, 0.717) is 17.8 Å². The number of hydrogen-bond acceptors (Lipinski definition) is 2. The quantitative estimate of drug-likeness (QED) is 0.561. The molecule has 0 spiro atoms. The zero-order chi connectivity index (χ0) is 12.0. The van der Waals surface area contributed by atoms with Crippen LogP contribution in [0.4, 0.5) is 0 Å². The van der Waals surface area contributed by atoms with Gasteiger partial charge in [0.2, 0.25) is 0 Å². The van der Waals surface area contributed by atoms with Crippen molar-refractivity contribution in [2.24, 2.45) is 10.7 Å². The van der Waals surface area contributed by atoms with Gasteiger partial charge >= 0.3 is 0 Å². The third kappa shape index (κ3) is 5.49. The first kappa shape index (κ1) is 13.5. The van der Waals surface area contributed by atoms with Gasteiger partial charge in [0.15, 0.2) is 5.96 Å². The molecule has 1 fully saturated rings. The summed E-state index contributed by atoms with van der Waals surface area (Å²) in [5.74, 6) is 1.26. The lowest BCUT2D eigenvalue weighted by atomic mass is 10.2. The van der Waals surface area contributed by atoms with Crippen molar-refractivity contribution in [2.45, 2.75) is 51.1 Å². The van der Waals surface area contributed by atoms with Crippen molar-refractivity contribution in [1.29, 1.82) is 0 Å². The lowest BCUT2D eigenvalue weighted by molar-refractivity contribution is 0.621. The number of hydrogen-bond donors (Lipinski definition) is 2. The third-order valence-electron chi connectivity index (χ3n) is 2.88. The molecule has 16 heavy (non-hydrogen) atoms. The Morgan fingerprint density at radius 1 is 1.56 bits per heavy atom. The smallest absolute Gasteiger partial charge is 0.189 e. The van der Waals surface area contributed by atoms with Crippen LogP contribution in [-0.4, -0.2) is 34.3 Å². The zero-order valence-electron chi connectivity index (χ0n) is 10.2. The second-order valence-electron chi connectivity index (χ2n) is 4.56. The number of nitrogens with two attached hydrogens (primary N) is 1. The Labute approximate surface area is 101 Å². The maximum Gasteiger partial charge on any atom is 0.189 e. The number of rotatable bonds is 5. The highest BCUT2D eigenvalue weighted by Gasteiger charge is 2.14. The number of nitrogens with zero attached hydrogens (tertiary/aromatic N) is 1. The van der Waals surface area contributed by atoms with Crippen LogP contribution in [0.2, 0.25) is 0 Å². The van der Waals surface area contributed by atoms with Gasteiger partial charge in [-0.15, -0.1) is 0 Å². The monoisotopic (exact) mass is 245 g/mol. The van der Waals surface area contributed by atoms with Crippen LogP contribution in [-0.2, 0) is 10.8 Å². The van der Waals surface area contributed by atoms with Gasteiger partial charge in [-0.2, -0.15) is 0 Å². The SMILES string of the molecule is CC(CCS(C)=O)NC(N)=NC1CCCC1. The highest BCUT2D eigenvalue weighted by molar-refractivity contribution is 7.84. The average Bonchev–Trinajstić information content (AvgIpc) is 2.67. The van der Waals surface area contributed by atoms with E-state index < -0.39 is 10.8 Å².